The Bertz CT molecular complexity index is 272. The molecule has 13 heavy (non-hydrogen) atoms. The highest BCUT2D eigenvalue weighted by molar-refractivity contribution is 5.19. The lowest BCUT2D eigenvalue weighted by Crippen LogP contribution is -2.15. The number of aromatic nitrogens is 2. The average Bonchev–Trinajstić information content (AvgIpc) is 2.03. The van der Waals surface area contributed by atoms with Crippen LogP contribution in [0.5, 0.6) is 0 Å². The van der Waals surface area contributed by atoms with Crippen LogP contribution in [0.2, 0.25) is 0 Å². The topological polar surface area (TPSA) is 77.8 Å². The maximum absolute atomic E-state index is 5.92. The number of nitrogens with zero attached hydrogens (tertiary/aromatic N) is 2. The van der Waals surface area contributed by atoms with Gasteiger partial charge in [-0.05, 0) is 18.4 Å². The van der Waals surface area contributed by atoms with Gasteiger partial charge in [-0.2, -0.15) is 0 Å². The number of anilines is 1. The molecule has 1 heterocycles. The van der Waals surface area contributed by atoms with E-state index < -0.39 is 0 Å². The quantitative estimate of drug-likeness (QED) is 0.730. The normalized spacial score (nSPS) is 13.2. The summed E-state index contributed by atoms with van der Waals surface area (Å²) < 4.78 is 0. The number of hydrogen-bond donors (Lipinski definition) is 2. The fraction of sp³-hybridized carbons (Fsp3) is 0.556. The van der Waals surface area contributed by atoms with Crippen LogP contribution in [-0.4, -0.2) is 9.97 Å². The summed E-state index contributed by atoms with van der Waals surface area (Å²) in [6.45, 7) is 4.26. The molecule has 0 aliphatic carbocycles. The molecule has 72 valence electrons. The SMILES string of the molecule is CC(C)CC(N)c1ccnc(N)n1. The highest BCUT2D eigenvalue weighted by atomic mass is 15.0. The number of nitrogen functional groups attached to an aromatic ring is 1. The monoisotopic (exact) mass is 180 g/mol. The molecule has 0 bridgehead atoms. The molecule has 1 unspecified atom stereocenters. The van der Waals surface area contributed by atoms with Crippen LogP contribution in [0.3, 0.4) is 0 Å². The van der Waals surface area contributed by atoms with Crippen molar-refractivity contribution in [2.45, 2.75) is 26.3 Å². The second kappa shape index (κ2) is 4.18. The number of rotatable bonds is 3. The predicted molar refractivity (Wildman–Crippen MR) is 52.8 cm³/mol. The van der Waals surface area contributed by atoms with E-state index in [1.807, 2.05) is 6.07 Å². The van der Waals surface area contributed by atoms with E-state index in [0.29, 0.717) is 5.92 Å². The molecule has 0 amide bonds. The first-order chi connectivity index (χ1) is 6.09. The van der Waals surface area contributed by atoms with Crippen LogP contribution in [0.4, 0.5) is 5.95 Å². The minimum Gasteiger partial charge on any atom is -0.368 e. The Morgan fingerprint density at radius 3 is 2.69 bits per heavy atom. The maximum Gasteiger partial charge on any atom is 0.220 e. The lowest BCUT2D eigenvalue weighted by Gasteiger charge is -2.12. The predicted octanol–water partition coefficient (Wildman–Crippen LogP) is 1.10. The van der Waals surface area contributed by atoms with Crippen LogP contribution in [0.15, 0.2) is 12.3 Å². The van der Waals surface area contributed by atoms with E-state index in [4.69, 9.17) is 11.5 Å². The summed E-state index contributed by atoms with van der Waals surface area (Å²) in [6.07, 6.45) is 2.55. The van der Waals surface area contributed by atoms with Crippen molar-refractivity contribution < 1.29 is 0 Å². The second-order valence-corrected chi connectivity index (χ2v) is 3.58. The molecule has 0 saturated carbocycles. The second-order valence-electron chi connectivity index (χ2n) is 3.58. The van der Waals surface area contributed by atoms with Crippen molar-refractivity contribution in [2.75, 3.05) is 5.73 Å². The number of nitrogens with two attached hydrogens (primary N) is 2. The molecule has 1 rings (SSSR count). The molecule has 0 saturated heterocycles. The highest BCUT2D eigenvalue weighted by Gasteiger charge is 2.09. The van der Waals surface area contributed by atoms with Crippen LogP contribution in [-0.2, 0) is 0 Å². The zero-order valence-corrected chi connectivity index (χ0v) is 8.07. The van der Waals surface area contributed by atoms with Crippen molar-refractivity contribution in [3.8, 4) is 0 Å². The summed E-state index contributed by atoms with van der Waals surface area (Å²) in [5.74, 6) is 0.850. The molecular formula is C9H16N4. The van der Waals surface area contributed by atoms with Gasteiger partial charge < -0.3 is 11.5 Å². The van der Waals surface area contributed by atoms with Gasteiger partial charge in [-0.1, -0.05) is 13.8 Å². The van der Waals surface area contributed by atoms with Gasteiger partial charge in [0.2, 0.25) is 5.95 Å². The Morgan fingerprint density at radius 2 is 2.15 bits per heavy atom. The Labute approximate surface area is 78.4 Å². The highest BCUT2D eigenvalue weighted by Crippen LogP contribution is 2.16. The van der Waals surface area contributed by atoms with Gasteiger partial charge in [0.1, 0.15) is 0 Å². The molecule has 4 heteroatoms. The third kappa shape index (κ3) is 2.99. The molecule has 0 radical (unpaired) electrons. The lowest BCUT2D eigenvalue weighted by atomic mass is 10.0. The van der Waals surface area contributed by atoms with E-state index in [9.17, 15) is 0 Å². The number of hydrogen-bond acceptors (Lipinski definition) is 4. The van der Waals surface area contributed by atoms with Crippen LogP contribution >= 0.6 is 0 Å². The van der Waals surface area contributed by atoms with Crippen LogP contribution < -0.4 is 11.5 Å². The maximum atomic E-state index is 5.92. The third-order valence-corrected chi connectivity index (χ3v) is 1.80. The largest absolute Gasteiger partial charge is 0.368 e. The summed E-state index contributed by atoms with van der Waals surface area (Å²) in [4.78, 5) is 7.88. The smallest absolute Gasteiger partial charge is 0.220 e. The molecule has 0 spiro atoms. The fourth-order valence-electron chi connectivity index (χ4n) is 1.22. The Morgan fingerprint density at radius 1 is 1.46 bits per heavy atom. The van der Waals surface area contributed by atoms with E-state index in [0.717, 1.165) is 12.1 Å². The molecule has 1 aromatic rings. The van der Waals surface area contributed by atoms with Gasteiger partial charge in [0.05, 0.1) is 5.69 Å². The summed E-state index contributed by atoms with van der Waals surface area (Å²) in [6, 6.07) is 1.77. The fourth-order valence-corrected chi connectivity index (χ4v) is 1.22. The van der Waals surface area contributed by atoms with Gasteiger partial charge in [0.25, 0.3) is 0 Å². The molecule has 4 nitrogen and oxygen atoms in total. The lowest BCUT2D eigenvalue weighted by molar-refractivity contribution is 0.502. The van der Waals surface area contributed by atoms with E-state index in [2.05, 4.69) is 23.8 Å². The minimum atomic E-state index is -0.0368. The Kier molecular flexibility index (Phi) is 3.19. The Balaban J connectivity index is 2.71. The first-order valence-electron chi connectivity index (χ1n) is 4.43. The van der Waals surface area contributed by atoms with Gasteiger partial charge in [-0.3, -0.25) is 0 Å². The van der Waals surface area contributed by atoms with Gasteiger partial charge >= 0.3 is 0 Å². The van der Waals surface area contributed by atoms with Crippen molar-refractivity contribution in [3.05, 3.63) is 18.0 Å². The van der Waals surface area contributed by atoms with Crippen molar-refractivity contribution in [1.82, 2.24) is 9.97 Å². The van der Waals surface area contributed by atoms with Crippen LogP contribution in [0, 0.1) is 5.92 Å². The standard InChI is InChI=1S/C9H16N4/c1-6(2)5-7(10)8-3-4-12-9(11)13-8/h3-4,6-7H,5,10H2,1-2H3,(H2,11,12,13). The van der Waals surface area contributed by atoms with E-state index >= 15 is 0 Å². The van der Waals surface area contributed by atoms with Crippen LogP contribution in [0.1, 0.15) is 32.0 Å². The zero-order chi connectivity index (χ0) is 9.84. The van der Waals surface area contributed by atoms with Crippen molar-refractivity contribution in [1.29, 1.82) is 0 Å². The van der Waals surface area contributed by atoms with E-state index in [1.165, 1.54) is 0 Å². The van der Waals surface area contributed by atoms with Gasteiger partial charge in [0, 0.05) is 12.2 Å². The first kappa shape index (κ1) is 9.92. The van der Waals surface area contributed by atoms with Crippen molar-refractivity contribution in [2.24, 2.45) is 11.7 Å². The van der Waals surface area contributed by atoms with Gasteiger partial charge in [0.15, 0.2) is 0 Å². The molecule has 0 aliphatic heterocycles. The summed E-state index contributed by atoms with van der Waals surface area (Å²) in [5.41, 5.74) is 12.2. The molecule has 0 aliphatic rings. The molecule has 1 atom stereocenters. The summed E-state index contributed by atoms with van der Waals surface area (Å²) >= 11 is 0. The van der Waals surface area contributed by atoms with E-state index in [1.54, 1.807) is 6.20 Å². The molecule has 1 aromatic heterocycles. The molecular weight excluding hydrogens is 164 g/mol. The average molecular weight is 180 g/mol. The molecule has 0 aromatic carbocycles. The molecule has 0 fully saturated rings. The van der Waals surface area contributed by atoms with E-state index in [-0.39, 0.29) is 12.0 Å². The molecule has 4 N–H and O–H groups in total. The van der Waals surface area contributed by atoms with Crippen LogP contribution in [0.25, 0.3) is 0 Å². The first-order valence-corrected chi connectivity index (χ1v) is 4.43. The third-order valence-electron chi connectivity index (χ3n) is 1.80. The van der Waals surface area contributed by atoms with Crippen molar-refractivity contribution >= 4 is 5.95 Å². The zero-order valence-electron chi connectivity index (χ0n) is 8.07. The van der Waals surface area contributed by atoms with Gasteiger partial charge in [-0.25, -0.2) is 9.97 Å². The Hall–Kier alpha value is -1.16. The van der Waals surface area contributed by atoms with Crippen molar-refractivity contribution in [3.63, 3.8) is 0 Å². The van der Waals surface area contributed by atoms with Gasteiger partial charge in [-0.15, -0.1) is 0 Å². The minimum absolute atomic E-state index is 0.0368. The summed E-state index contributed by atoms with van der Waals surface area (Å²) in [5, 5.41) is 0. The summed E-state index contributed by atoms with van der Waals surface area (Å²) in [7, 11) is 0.